The second-order valence-electron chi connectivity index (χ2n) is 16.8. The van der Waals surface area contributed by atoms with E-state index in [0.29, 0.717) is 48.7 Å². The lowest BCUT2D eigenvalue weighted by Crippen LogP contribution is -2.15. The summed E-state index contributed by atoms with van der Waals surface area (Å²) in [4.78, 5) is 49.8. The van der Waals surface area contributed by atoms with E-state index in [-0.39, 0.29) is 0 Å². The minimum Gasteiger partial charge on any atom is -0.462 e. The lowest BCUT2D eigenvalue weighted by molar-refractivity contribution is 0.0450. The van der Waals surface area contributed by atoms with E-state index in [4.69, 9.17) is 18.9 Å². The van der Waals surface area contributed by atoms with E-state index < -0.39 is 23.9 Å². The van der Waals surface area contributed by atoms with Crippen molar-refractivity contribution < 1.29 is 38.1 Å². The molecular formula is C54H88O8. The first kappa shape index (κ1) is 56.3. The molecule has 0 heterocycles. The van der Waals surface area contributed by atoms with Crippen LogP contribution in [0.3, 0.4) is 0 Å². The predicted molar refractivity (Wildman–Crippen MR) is 255 cm³/mol. The van der Waals surface area contributed by atoms with Gasteiger partial charge in [0.05, 0.1) is 48.7 Å². The molecule has 0 N–H and O–H groups in total. The summed E-state index contributed by atoms with van der Waals surface area (Å²) in [5.41, 5.74) is 1.19. The monoisotopic (exact) mass is 865 g/mol. The van der Waals surface area contributed by atoms with Crippen molar-refractivity contribution in [2.45, 2.75) is 220 Å². The van der Waals surface area contributed by atoms with Gasteiger partial charge < -0.3 is 18.9 Å². The van der Waals surface area contributed by atoms with Crippen LogP contribution >= 0.6 is 0 Å². The molecule has 0 saturated carbocycles. The summed E-state index contributed by atoms with van der Waals surface area (Å²) >= 11 is 0. The maximum atomic E-state index is 12.5. The second-order valence-corrected chi connectivity index (χ2v) is 16.8. The summed E-state index contributed by atoms with van der Waals surface area (Å²) in [6.07, 6.45) is 35.5. The Morgan fingerprint density at radius 3 is 0.613 bits per heavy atom. The van der Waals surface area contributed by atoms with E-state index >= 15 is 0 Å². The van der Waals surface area contributed by atoms with Crippen LogP contribution < -0.4 is 0 Å². The SMILES string of the molecule is CCCCCCCCCCOC(=O)c1ccccc1C(=O)OCCCCCCCCCC.CCCCCCCCCOC(=O)c1ccccc1C(=O)OCCCCCCCCC. The quantitative estimate of drug-likeness (QED) is 0.0373. The van der Waals surface area contributed by atoms with Crippen molar-refractivity contribution in [1.82, 2.24) is 0 Å². The molecule has 0 saturated heterocycles. The number of benzene rings is 2. The summed E-state index contributed by atoms with van der Waals surface area (Å²) in [6.45, 7) is 10.5. The third-order valence-electron chi connectivity index (χ3n) is 11.2. The van der Waals surface area contributed by atoms with Gasteiger partial charge in [0.1, 0.15) is 0 Å². The van der Waals surface area contributed by atoms with Gasteiger partial charge in [0.15, 0.2) is 0 Å². The van der Waals surface area contributed by atoms with Gasteiger partial charge in [-0.3, -0.25) is 0 Å². The molecule has 2 rings (SSSR count). The van der Waals surface area contributed by atoms with Crippen LogP contribution in [-0.4, -0.2) is 50.3 Å². The molecule has 8 nitrogen and oxygen atoms in total. The highest BCUT2D eigenvalue weighted by Crippen LogP contribution is 2.17. The van der Waals surface area contributed by atoms with Crippen LogP contribution in [0.4, 0.5) is 0 Å². The van der Waals surface area contributed by atoms with Gasteiger partial charge in [0, 0.05) is 0 Å². The van der Waals surface area contributed by atoms with Crippen LogP contribution in [-0.2, 0) is 18.9 Å². The van der Waals surface area contributed by atoms with Crippen LogP contribution in [0.2, 0.25) is 0 Å². The number of carbonyl (C=O) groups is 4. The Kier molecular flexibility index (Phi) is 37.6. The fourth-order valence-electron chi connectivity index (χ4n) is 7.24. The van der Waals surface area contributed by atoms with Crippen LogP contribution in [0.25, 0.3) is 0 Å². The highest BCUT2D eigenvalue weighted by molar-refractivity contribution is 6.03. The molecule has 8 heteroatoms. The lowest BCUT2D eigenvalue weighted by Gasteiger charge is -2.10. The second kappa shape index (κ2) is 41.3. The summed E-state index contributed by atoms with van der Waals surface area (Å²) in [5.74, 6) is -1.76. The van der Waals surface area contributed by atoms with Crippen LogP contribution in [0.1, 0.15) is 262 Å². The van der Waals surface area contributed by atoms with Crippen molar-refractivity contribution in [2.24, 2.45) is 0 Å². The minimum atomic E-state index is -0.440. The maximum Gasteiger partial charge on any atom is 0.339 e. The van der Waals surface area contributed by atoms with Gasteiger partial charge in [-0.15, -0.1) is 0 Å². The minimum absolute atomic E-state index is 0.296. The van der Waals surface area contributed by atoms with E-state index in [1.807, 2.05) is 0 Å². The van der Waals surface area contributed by atoms with Gasteiger partial charge in [0.25, 0.3) is 0 Å². The lowest BCUT2D eigenvalue weighted by atomic mass is 10.1. The smallest absolute Gasteiger partial charge is 0.339 e. The third kappa shape index (κ3) is 29.6. The molecule has 0 spiro atoms. The first-order chi connectivity index (χ1) is 30.4. The molecule has 0 aliphatic rings. The highest BCUT2D eigenvalue weighted by Gasteiger charge is 2.20. The molecule has 0 radical (unpaired) electrons. The van der Waals surface area contributed by atoms with Crippen molar-refractivity contribution in [3.8, 4) is 0 Å². The normalized spacial score (nSPS) is 10.8. The van der Waals surface area contributed by atoms with Crippen LogP contribution in [0.5, 0.6) is 0 Å². The molecule has 62 heavy (non-hydrogen) atoms. The fourth-order valence-corrected chi connectivity index (χ4v) is 7.24. The maximum absolute atomic E-state index is 12.5. The molecule has 0 fully saturated rings. The first-order valence-electron chi connectivity index (χ1n) is 25.3. The van der Waals surface area contributed by atoms with Gasteiger partial charge in [-0.25, -0.2) is 19.2 Å². The summed E-state index contributed by atoms with van der Waals surface area (Å²) < 4.78 is 21.6. The van der Waals surface area contributed by atoms with Crippen molar-refractivity contribution >= 4 is 23.9 Å². The van der Waals surface area contributed by atoms with Crippen molar-refractivity contribution in [1.29, 1.82) is 0 Å². The number of carbonyl (C=O) groups excluding carboxylic acids is 4. The Hall–Kier alpha value is -3.68. The third-order valence-corrected chi connectivity index (χ3v) is 11.2. The molecule has 0 aliphatic carbocycles. The number of esters is 4. The van der Waals surface area contributed by atoms with E-state index in [9.17, 15) is 19.2 Å². The number of rotatable bonds is 38. The zero-order valence-corrected chi connectivity index (χ0v) is 39.9. The van der Waals surface area contributed by atoms with Crippen molar-refractivity contribution in [3.05, 3.63) is 70.8 Å². The van der Waals surface area contributed by atoms with Crippen molar-refractivity contribution in [2.75, 3.05) is 26.4 Å². The van der Waals surface area contributed by atoms with Gasteiger partial charge in [-0.1, -0.05) is 219 Å². The van der Waals surface area contributed by atoms with E-state index in [1.54, 1.807) is 48.5 Å². The van der Waals surface area contributed by atoms with E-state index in [1.165, 1.54) is 141 Å². The molecule has 0 atom stereocenters. The van der Waals surface area contributed by atoms with Crippen LogP contribution in [0.15, 0.2) is 48.5 Å². The molecule has 0 aliphatic heterocycles. The zero-order valence-electron chi connectivity index (χ0n) is 39.9. The molecule has 2 aromatic rings. The van der Waals surface area contributed by atoms with Crippen molar-refractivity contribution in [3.63, 3.8) is 0 Å². The van der Waals surface area contributed by atoms with Crippen LogP contribution in [0, 0.1) is 0 Å². The molecule has 0 bridgehead atoms. The topological polar surface area (TPSA) is 105 Å². The summed E-state index contributed by atoms with van der Waals surface area (Å²) in [5, 5.41) is 0. The Morgan fingerprint density at radius 1 is 0.274 bits per heavy atom. The number of hydrogen-bond donors (Lipinski definition) is 0. The molecule has 0 aromatic heterocycles. The Bertz CT molecular complexity index is 1300. The molecular weight excluding hydrogens is 777 g/mol. The number of unbranched alkanes of at least 4 members (excludes halogenated alkanes) is 26. The summed E-state index contributed by atoms with van der Waals surface area (Å²) in [6, 6.07) is 13.6. The molecule has 0 unspecified atom stereocenters. The zero-order chi connectivity index (χ0) is 45.1. The van der Waals surface area contributed by atoms with E-state index in [2.05, 4.69) is 27.7 Å². The number of ether oxygens (including phenoxy) is 4. The highest BCUT2D eigenvalue weighted by atomic mass is 16.5. The van der Waals surface area contributed by atoms with Gasteiger partial charge in [-0.2, -0.15) is 0 Å². The molecule has 2 aromatic carbocycles. The van der Waals surface area contributed by atoms with Gasteiger partial charge in [0.2, 0.25) is 0 Å². The van der Waals surface area contributed by atoms with E-state index in [0.717, 1.165) is 51.4 Å². The van der Waals surface area contributed by atoms with Gasteiger partial charge >= 0.3 is 23.9 Å². The average molecular weight is 865 g/mol. The largest absolute Gasteiger partial charge is 0.462 e. The predicted octanol–water partition coefficient (Wildman–Crippen LogP) is 15.8. The Morgan fingerprint density at radius 2 is 0.435 bits per heavy atom. The number of hydrogen-bond acceptors (Lipinski definition) is 8. The Balaban J connectivity index is 0.000000621. The average Bonchev–Trinajstić information content (AvgIpc) is 3.29. The molecule has 0 amide bonds. The Labute approximate surface area is 378 Å². The standard InChI is InChI=1S/C28H46O4.C26H42O4/c1-3-5-7-9-11-13-15-19-23-31-27(29)25-21-17-18-22-26(25)28(30)32-24-20-16-14-12-10-8-6-4-2;1-3-5-7-9-11-13-17-21-29-25(27)23-19-15-16-20-24(23)26(28)30-22-18-14-12-10-8-6-4-2/h17-18,21-22H,3-16,19-20,23-24H2,1-2H3;15-16,19-20H,3-14,17-18,21-22H2,1-2H3. The van der Waals surface area contributed by atoms with Gasteiger partial charge in [-0.05, 0) is 49.9 Å². The summed E-state index contributed by atoms with van der Waals surface area (Å²) in [7, 11) is 0. The molecule has 352 valence electrons. The first-order valence-corrected chi connectivity index (χ1v) is 25.3. The fraction of sp³-hybridized carbons (Fsp3) is 0.704.